The molecule has 134 valence electrons. The zero-order chi connectivity index (χ0) is 17.9. The Morgan fingerprint density at radius 1 is 1.40 bits per heavy atom. The van der Waals surface area contributed by atoms with Crippen molar-refractivity contribution < 1.29 is 19.1 Å². The quantitative estimate of drug-likeness (QED) is 0.717. The van der Waals surface area contributed by atoms with Crippen molar-refractivity contribution >= 4 is 17.7 Å². The van der Waals surface area contributed by atoms with Gasteiger partial charge in [0.25, 0.3) is 5.91 Å². The van der Waals surface area contributed by atoms with Crippen LogP contribution in [0, 0.1) is 0 Å². The molecule has 2 saturated heterocycles. The molecule has 2 fully saturated rings. The van der Waals surface area contributed by atoms with Crippen LogP contribution in [0.3, 0.4) is 0 Å². The Balaban J connectivity index is 1.89. The van der Waals surface area contributed by atoms with E-state index in [1.54, 1.807) is 4.90 Å². The van der Waals surface area contributed by atoms with Crippen LogP contribution >= 0.6 is 0 Å². The first-order chi connectivity index (χ1) is 12.0. The van der Waals surface area contributed by atoms with Crippen LogP contribution in [0.2, 0.25) is 0 Å². The van der Waals surface area contributed by atoms with Gasteiger partial charge in [-0.25, -0.2) is 9.97 Å². The van der Waals surface area contributed by atoms with Crippen LogP contribution in [-0.2, 0) is 14.3 Å². The van der Waals surface area contributed by atoms with E-state index in [1.165, 1.54) is 25.5 Å². The maximum absolute atomic E-state index is 12.9. The molecular formula is C16H21N5O4. The number of nitrogens with zero attached hydrogens (tertiary/aromatic N) is 3. The molecule has 2 N–H and O–H groups in total. The number of hydrogen-bond donors (Lipinski definition) is 2. The maximum atomic E-state index is 12.9. The molecule has 25 heavy (non-hydrogen) atoms. The highest BCUT2D eigenvalue weighted by atomic mass is 16.5. The molecule has 9 heteroatoms. The summed E-state index contributed by atoms with van der Waals surface area (Å²) < 4.78 is 5.40. The Bertz CT molecular complexity index is 660. The second-order valence-electron chi connectivity index (χ2n) is 6.42. The van der Waals surface area contributed by atoms with Crippen molar-refractivity contribution in [2.24, 2.45) is 0 Å². The van der Waals surface area contributed by atoms with Gasteiger partial charge >= 0.3 is 0 Å². The van der Waals surface area contributed by atoms with Crippen LogP contribution in [0.5, 0.6) is 0 Å². The minimum atomic E-state index is -0.800. The van der Waals surface area contributed by atoms with Crippen molar-refractivity contribution in [3.63, 3.8) is 0 Å². The van der Waals surface area contributed by atoms with Gasteiger partial charge in [0.2, 0.25) is 11.8 Å². The Kier molecular flexibility index (Phi) is 4.93. The number of ether oxygens (including phenoxy) is 1. The van der Waals surface area contributed by atoms with E-state index in [0.29, 0.717) is 32.6 Å². The molecule has 2 aliphatic heterocycles. The minimum absolute atomic E-state index is 0.0941. The fourth-order valence-corrected chi connectivity index (χ4v) is 3.26. The Labute approximate surface area is 145 Å². The largest absolute Gasteiger partial charge is 0.381 e. The normalized spacial score (nSPS) is 22.8. The number of hydrogen-bond acceptors (Lipinski definition) is 6. The smallest absolute Gasteiger partial charge is 0.272 e. The van der Waals surface area contributed by atoms with Crippen molar-refractivity contribution in [3.05, 3.63) is 24.3 Å². The van der Waals surface area contributed by atoms with Crippen molar-refractivity contribution in [2.45, 2.75) is 31.3 Å². The number of rotatable bonds is 2. The number of aromatic nitrogens is 2. The zero-order valence-electron chi connectivity index (χ0n) is 14.0. The van der Waals surface area contributed by atoms with Gasteiger partial charge in [-0.05, 0) is 18.9 Å². The summed E-state index contributed by atoms with van der Waals surface area (Å²) in [5.41, 5.74) is -0.293. The number of amides is 3. The van der Waals surface area contributed by atoms with Crippen molar-refractivity contribution in [3.8, 4) is 0 Å². The molecule has 1 aromatic rings. The lowest BCUT2D eigenvalue weighted by molar-refractivity contribution is -0.129. The third-order valence-corrected chi connectivity index (χ3v) is 4.52. The van der Waals surface area contributed by atoms with Gasteiger partial charge in [0.15, 0.2) is 0 Å². The molecule has 3 heterocycles. The highest BCUT2D eigenvalue weighted by Crippen LogP contribution is 2.25. The summed E-state index contributed by atoms with van der Waals surface area (Å²) in [6, 6.07) is 0.734. The predicted molar refractivity (Wildman–Crippen MR) is 86.5 cm³/mol. The predicted octanol–water partition coefficient (Wildman–Crippen LogP) is -0.897. The van der Waals surface area contributed by atoms with Gasteiger partial charge in [0.1, 0.15) is 18.1 Å². The Hall–Kier alpha value is -2.55. The van der Waals surface area contributed by atoms with E-state index in [1.807, 2.05) is 0 Å². The summed E-state index contributed by atoms with van der Waals surface area (Å²) in [5, 5.41) is 5.65. The molecule has 0 radical (unpaired) electrons. The summed E-state index contributed by atoms with van der Waals surface area (Å²) >= 11 is 0. The molecule has 0 saturated carbocycles. The van der Waals surface area contributed by atoms with Crippen molar-refractivity contribution in [1.29, 1.82) is 0 Å². The first-order valence-corrected chi connectivity index (χ1v) is 8.21. The van der Waals surface area contributed by atoms with Gasteiger partial charge in [0, 0.05) is 32.9 Å². The lowest BCUT2D eigenvalue weighted by Crippen LogP contribution is -2.57. The van der Waals surface area contributed by atoms with Gasteiger partial charge in [-0.1, -0.05) is 0 Å². The molecule has 1 unspecified atom stereocenters. The average molecular weight is 347 g/mol. The van der Waals surface area contributed by atoms with Crippen LogP contribution in [0.1, 0.15) is 30.3 Å². The first-order valence-electron chi connectivity index (χ1n) is 8.21. The fourth-order valence-electron chi connectivity index (χ4n) is 3.26. The molecular weight excluding hydrogens is 326 g/mol. The molecule has 1 aromatic heterocycles. The molecule has 9 nitrogen and oxygen atoms in total. The SMILES string of the molecule is CC(=O)NC1CN(C(=O)c2ccncn2)CC2(CCOCC2)NC1=O. The Morgan fingerprint density at radius 2 is 2.16 bits per heavy atom. The van der Waals surface area contributed by atoms with Gasteiger partial charge < -0.3 is 20.3 Å². The van der Waals surface area contributed by atoms with E-state index in [9.17, 15) is 14.4 Å². The van der Waals surface area contributed by atoms with Gasteiger partial charge in [-0.2, -0.15) is 0 Å². The first kappa shape index (κ1) is 17.3. The van der Waals surface area contributed by atoms with E-state index in [0.717, 1.165) is 0 Å². The van der Waals surface area contributed by atoms with Gasteiger partial charge in [-0.15, -0.1) is 0 Å². The van der Waals surface area contributed by atoms with E-state index < -0.39 is 11.6 Å². The van der Waals surface area contributed by atoms with E-state index in [4.69, 9.17) is 4.74 Å². The maximum Gasteiger partial charge on any atom is 0.272 e. The second-order valence-corrected chi connectivity index (χ2v) is 6.42. The molecule has 3 amide bonds. The number of carbonyl (C=O) groups is 3. The van der Waals surface area contributed by atoms with Crippen molar-refractivity contribution in [1.82, 2.24) is 25.5 Å². The van der Waals surface area contributed by atoms with Crippen LogP contribution in [-0.4, -0.2) is 70.5 Å². The highest BCUT2D eigenvalue weighted by Gasteiger charge is 2.43. The molecule has 0 aromatic carbocycles. The average Bonchev–Trinajstić information content (AvgIpc) is 2.72. The van der Waals surface area contributed by atoms with E-state index in [-0.39, 0.29) is 30.0 Å². The topological polar surface area (TPSA) is 114 Å². The molecule has 0 aliphatic carbocycles. The Morgan fingerprint density at radius 3 is 2.80 bits per heavy atom. The van der Waals surface area contributed by atoms with Crippen LogP contribution in [0.25, 0.3) is 0 Å². The number of carbonyl (C=O) groups excluding carboxylic acids is 3. The highest BCUT2D eigenvalue weighted by molar-refractivity contribution is 5.94. The second kappa shape index (κ2) is 7.14. The molecule has 1 atom stereocenters. The molecule has 3 rings (SSSR count). The van der Waals surface area contributed by atoms with E-state index in [2.05, 4.69) is 20.6 Å². The summed E-state index contributed by atoms with van der Waals surface area (Å²) in [4.78, 5) is 46.3. The molecule has 2 aliphatic rings. The van der Waals surface area contributed by atoms with Crippen LogP contribution in [0.15, 0.2) is 18.6 Å². The standard InChI is InChI=1S/C16H21N5O4/c1-11(22)19-13-8-21(15(24)12-2-5-17-10-18-12)9-16(20-14(13)23)3-6-25-7-4-16/h2,5,10,13H,3-4,6-9H2,1H3,(H,19,22)(H,20,23). The fraction of sp³-hybridized carbons (Fsp3) is 0.562. The molecule has 0 bridgehead atoms. The minimum Gasteiger partial charge on any atom is -0.381 e. The van der Waals surface area contributed by atoms with Gasteiger partial charge in [-0.3, -0.25) is 14.4 Å². The summed E-state index contributed by atoms with van der Waals surface area (Å²) in [6.45, 7) is 2.82. The van der Waals surface area contributed by atoms with Crippen LogP contribution < -0.4 is 10.6 Å². The lowest BCUT2D eigenvalue weighted by atomic mass is 9.89. The third-order valence-electron chi connectivity index (χ3n) is 4.52. The zero-order valence-corrected chi connectivity index (χ0v) is 14.0. The summed E-state index contributed by atoms with van der Waals surface area (Å²) in [6.07, 6.45) is 4.03. The van der Waals surface area contributed by atoms with Gasteiger partial charge in [0.05, 0.1) is 12.1 Å². The summed E-state index contributed by atoms with van der Waals surface area (Å²) in [5.74, 6) is -0.896. The van der Waals surface area contributed by atoms with Crippen LogP contribution in [0.4, 0.5) is 0 Å². The molecule has 1 spiro atoms. The summed E-state index contributed by atoms with van der Waals surface area (Å²) in [7, 11) is 0. The lowest BCUT2D eigenvalue weighted by Gasteiger charge is -2.39. The number of nitrogens with one attached hydrogen (secondary N) is 2. The third kappa shape index (κ3) is 3.93. The van der Waals surface area contributed by atoms with Crippen molar-refractivity contribution in [2.75, 3.05) is 26.3 Å². The van der Waals surface area contributed by atoms with E-state index >= 15 is 0 Å². The monoisotopic (exact) mass is 347 g/mol.